The lowest BCUT2D eigenvalue weighted by Gasteiger charge is -2.38. The highest BCUT2D eigenvalue weighted by Crippen LogP contribution is 2.25. The van der Waals surface area contributed by atoms with Crippen molar-refractivity contribution in [3.8, 4) is 0 Å². The smallest absolute Gasteiger partial charge is 0.322 e. The van der Waals surface area contributed by atoms with Crippen molar-refractivity contribution < 1.29 is 12.7 Å². The van der Waals surface area contributed by atoms with Crippen molar-refractivity contribution in [2.24, 2.45) is 0 Å². The molecular weight excluding hydrogens is 357 g/mol. The predicted octanol–water partition coefficient (Wildman–Crippen LogP) is 4.62. The van der Waals surface area contributed by atoms with Crippen LogP contribution < -0.4 is 0 Å². The topological polar surface area (TPSA) is 27.7 Å². The summed E-state index contributed by atoms with van der Waals surface area (Å²) in [5.41, 5.74) is 0. The Bertz CT molecular complexity index is 320. The summed E-state index contributed by atoms with van der Waals surface area (Å²) in [4.78, 5) is 0. The van der Waals surface area contributed by atoms with Crippen molar-refractivity contribution in [3.63, 3.8) is 0 Å². The van der Waals surface area contributed by atoms with E-state index in [1.807, 2.05) is 0 Å². The van der Waals surface area contributed by atoms with Gasteiger partial charge in [-0.05, 0) is 51.4 Å². The molecule has 0 aromatic rings. The molecule has 0 heterocycles. The van der Waals surface area contributed by atoms with Crippen molar-refractivity contribution in [2.45, 2.75) is 83.6 Å². The lowest BCUT2D eigenvalue weighted by Crippen LogP contribution is -2.53. The highest BCUT2D eigenvalue weighted by molar-refractivity contribution is 6.86. The van der Waals surface area contributed by atoms with E-state index < -0.39 is 43.0 Å². The Balaban J connectivity index is 4.46. The van der Waals surface area contributed by atoms with Gasteiger partial charge in [-0.15, -0.1) is 0 Å². The Labute approximate surface area is 146 Å². The van der Waals surface area contributed by atoms with Crippen molar-refractivity contribution in [1.82, 2.24) is 0 Å². The molecule has 3 nitrogen and oxygen atoms in total. The molecule has 134 valence electrons. The van der Waals surface area contributed by atoms with E-state index in [9.17, 15) is 0 Å². The van der Waals surface area contributed by atoms with Crippen LogP contribution in [0.1, 0.15) is 0 Å². The first-order valence-electron chi connectivity index (χ1n) is 8.79. The third-order valence-corrected chi connectivity index (χ3v) is 17.4. The zero-order valence-corrected chi connectivity index (χ0v) is 22.0. The molecule has 0 fully saturated rings. The fraction of sp³-hybridized carbons (Fsp3) is 1.00. The first-order chi connectivity index (χ1) is 9.75. The van der Waals surface area contributed by atoms with Gasteiger partial charge in [-0.1, -0.05) is 32.2 Å². The van der Waals surface area contributed by atoms with Crippen LogP contribution in [0.5, 0.6) is 0 Å². The first-order valence-corrected chi connectivity index (χ1v) is 23.8. The largest absolute Gasteiger partial charge is 0.436 e. The second-order valence-corrected chi connectivity index (χ2v) is 27.0. The number of rotatable bonds is 11. The number of hydrogen-bond donors (Lipinski definition) is 0. The van der Waals surface area contributed by atoms with Gasteiger partial charge in [-0.25, -0.2) is 0 Å². The van der Waals surface area contributed by atoms with Crippen molar-refractivity contribution in [1.29, 1.82) is 0 Å². The van der Waals surface area contributed by atoms with Crippen molar-refractivity contribution in [2.75, 3.05) is 6.61 Å². The van der Waals surface area contributed by atoms with E-state index in [2.05, 4.69) is 65.5 Å². The summed E-state index contributed by atoms with van der Waals surface area (Å²) in [6.07, 6.45) is 0. The summed E-state index contributed by atoms with van der Waals surface area (Å²) in [5, 5.41) is 0. The molecule has 0 aliphatic rings. The van der Waals surface area contributed by atoms with Gasteiger partial charge >= 0.3 is 17.1 Å². The molecular formula is C14H40O3Si5. The van der Waals surface area contributed by atoms with E-state index in [1.54, 1.807) is 0 Å². The van der Waals surface area contributed by atoms with Crippen molar-refractivity contribution in [3.05, 3.63) is 0 Å². The molecule has 0 saturated heterocycles. The highest BCUT2D eigenvalue weighted by Gasteiger charge is 2.40. The van der Waals surface area contributed by atoms with E-state index in [0.717, 1.165) is 6.61 Å². The molecule has 0 atom stereocenters. The minimum atomic E-state index is -2.10. The van der Waals surface area contributed by atoms with Gasteiger partial charge in [0.15, 0.2) is 8.32 Å². The molecule has 22 heavy (non-hydrogen) atoms. The van der Waals surface area contributed by atoms with Crippen LogP contribution in [0.25, 0.3) is 0 Å². The average molecular weight is 397 g/mol. The molecule has 0 radical (unpaired) electrons. The molecule has 0 aromatic carbocycles. The van der Waals surface area contributed by atoms with E-state index in [4.69, 9.17) is 12.7 Å². The van der Waals surface area contributed by atoms with Crippen LogP contribution in [0.3, 0.4) is 0 Å². The average Bonchev–Trinajstić information content (AvgIpc) is 2.22. The maximum atomic E-state index is 6.58. The second-order valence-electron chi connectivity index (χ2n) is 8.73. The Kier molecular flexibility index (Phi) is 9.86. The third kappa shape index (κ3) is 12.4. The molecule has 0 rings (SSSR count). The van der Waals surface area contributed by atoms with Crippen LogP contribution in [0.4, 0.5) is 0 Å². The summed E-state index contributed by atoms with van der Waals surface area (Å²) in [6.45, 7) is 23.9. The molecule has 0 saturated carbocycles. The zero-order chi connectivity index (χ0) is 17.6. The first kappa shape index (κ1) is 23.0. The van der Waals surface area contributed by atoms with Gasteiger partial charge in [0.2, 0.25) is 0 Å². The minimum Gasteiger partial charge on any atom is -0.436 e. The molecule has 0 amide bonds. The van der Waals surface area contributed by atoms with Gasteiger partial charge < -0.3 is 12.7 Å². The second kappa shape index (κ2) is 9.45. The van der Waals surface area contributed by atoms with Crippen LogP contribution in [-0.4, -0.2) is 49.6 Å². The monoisotopic (exact) mass is 396 g/mol. The standard InChI is InChI=1S/C14H40O3Si5/c1-18(2)12-11-15-21(7,8)17-22(9,10)16-20(5,6)14-13-19(3)4/h18-19H,11-14H2,1-10H3. The Morgan fingerprint density at radius 3 is 1.64 bits per heavy atom. The third-order valence-electron chi connectivity index (χ3n) is 3.48. The van der Waals surface area contributed by atoms with Crippen LogP contribution in [0.15, 0.2) is 0 Å². The van der Waals surface area contributed by atoms with Gasteiger partial charge in [0, 0.05) is 24.2 Å². The van der Waals surface area contributed by atoms with Crippen LogP contribution in [0.2, 0.25) is 83.6 Å². The molecule has 0 aliphatic heterocycles. The van der Waals surface area contributed by atoms with Gasteiger partial charge in [-0.2, -0.15) is 0 Å². The summed E-state index contributed by atoms with van der Waals surface area (Å²) in [6, 6.07) is 3.90. The van der Waals surface area contributed by atoms with Crippen LogP contribution in [-0.2, 0) is 12.7 Å². The molecule has 0 aromatic heterocycles. The maximum absolute atomic E-state index is 6.58. The Hall–Kier alpha value is 0.964. The van der Waals surface area contributed by atoms with E-state index in [-0.39, 0.29) is 0 Å². The Morgan fingerprint density at radius 1 is 0.682 bits per heavy atom. The summed E-state index contributed by atoms with van der Waals surface area (Å²) < 4.78 is 19.1. The molecule has 8 heteroatoms. The van der Waals surface area contributed by atoms with E-state index in [0.29, 0.717) is 0 Å². The van der Waals surface area contributed by atoms with Gasteiger partial charge in [0.05, 0.1) is 0 Å². The van der Waals surface area contributed by atoms with E-state index in [1.165, 1.54) is 18.1 Å². The fourth-order valence-electron chi connectivity index (χ4n) is 2.54. The Morgan fingerprint density at radius 2 is 1.18 bits per heavy atom. The van der Waals surface area contributed by atoms with Crippen molar-refractivity contribution >= 4 is 43.0 Å². The molecule has 0 spiro atoms. The van der Waals surface area contributed by atoms with Crippen LogP contribution >= 0.6 is 0 Å². The summed E-state index contributed by atoms with van der Waals surface area (Å²) in [7, 11) is -6.79. The predicted molar refractivity (Wildman–Crippen MR) is 113 cm³/mol. The molecule has 0 aliphatic carbocycles. The van der Waals surface area contributed by atoms with Gasteiger partial charge in [0.25, 0.3) is 0 Å². The molecule has 0 unspecified atom stereocenters. The van der Waals surface area contributed by atoms with Gasteiger partial charge in [-0.3, -0.25) is 0 Å². The normalized spacial score (nSPS) is 14.2. The lowest BCUT2D eigenvalue weighted by molar-refractivity contribution is 0.242. The summed E-state index contributed by atoms with van der Waals surface area (Å²) >= 11 is 0. The van der Waals surface area contributed by atoms with Crippen LogP contribution in [0, 0.1) is 0 Å². The molecule has 0 N–H and O–H groups in total. The highest BCUT2D eigenvalue weighted by atomic mass is 28.5. The zero-order valence-electron chi connectivity index (χ0n) is 16.7. The molecule has 0 bridgehead atoms. The maximum Gasteiger partial charge on any atom is 0.322 e. The quantitative estimate of drug-likeness (QED) is 0.477. The van der Waals surface area contributed by atoms with E-state index >= 15 is 0 Å². The fourth-order valence-corrected chi connectivity index (χ4v) is 20.3. The summed E-state index contributed by atoms with van der Waals surface area (Å²) in [5.74, 6) is 0. The number of hydrogen-bond acceptors (Lipinski definition) is 3. The van der Waals surface area contributed by atoms with Gasteiger partial charge in [0.1, 0.15) is 0 Å². The minimum absolute atomic E-state index is 0.489. The lowest BCUT2D eigenvalue weighted by atomic mass is 10.9. The SMILES string of the molecule is C[SiH](C)CCO[Si](C)(C)O[Si](C)(C)O[Si](C)(C)CC[SiH](C)C.